The van der Waals surface area contributed by atoms with Crippen LogP contribution in [0, 0.1) is 17.3 Å². The van der Waals surface area contributed by atoms with E-state index in [0.717, 1.165) is 25.2 Å². The summed E-state index contributed by atoms with van der Waals surface area (Å²) in [7, 11) is 0. The van der Waals surface area contributed by atoms with Gasteiger partial charge in [0.25, 0.3) is 0 Å². The van der Waals surface area contributed by atoms with Gasteiger partial charge in [-0.15, -0.1) is 0 Å². The number of amides is 1. The Hall–Kier alpha value is -0.570. The number of hydrogen-bond acceptors (Lipinski definition) is 2. The number of nitrogens with one attached hydrogen (secondary N) is 1. The lowest BCUT2D eigenvalue weighted by atomic mass is 9.82. The molecule has 1 aliphatic rings. The molecule has 0 aliphatic heterocycles. The predicted molar refractivity (Wildman–Crippen MR) is 85.4 cm³/mol. The zero-order chi connectivity index (χ0) is 15.2. The maximum absolute atomic E-state index is 12.3. The van der Waals surface area contributed by atoms with Crippen LogP contribution in [0.3, 0.4) is 0 Å². The van der Waals surface area contributed by atoms with Crippen LogP contribution >= 0.6 is 0 Å². The van der Waals surface area contributed by atoms with Crippen molar-refractivity contribution in [3.8, 4) is 0 Å². The molecule has 1 saturated carbocycles. The summed E-state index contributed by atoms with van der Waals surface area (Å²) in [5.41, 5.74) is 5.94. The zero-order valence-corrected chi connectivity index (χ0v) is 13.9. The summed E-state index contributed by atoms with van der Waals surface area (Å²) in [6, 6.07) is 0.379. The van der Waals surface area contributed by atoms with E-state index in [0.29, 0.717) is 12.6 Å². The minimum Gasteiger partial charge on any atom is -0.353 e. The molecule has 0 saturated heterocycles. The lowest BCUT2D eigenvalue weighted by Gasteiger charge is -2.31. The summed E-state index contributed by atoms with van der Waals surface area (Å²) >= 11 is 0. The summed E-state index contributed by atoms with van der Waals surface area (Å²) in [5.74, 6) is 1.01. The first-order chi connectivity index (χ1) is 9.35. The highest BCUT2D eigenvalue weighted by atomic mass is 16.1. The molecule has 0 aromatic heterocycles. The summed E-state index contributed by atoms with van der Waals surface area (Å²) in [5, 5.41) is 3.24. The molecule has 0 aromatic rings. The number of nitrogens with two attached hydrogens (primary N) is 1. The van der Waals surface area contributed by atoms with Crippen molar-refractivity contribution >= 4 is 5.91 Å². The molecule has 0 heterocycles. The summed E-state index contributed by atoms with van der Waals surface area (Å²) in [4.78, 5) is 12.3. The normalized spacial score (nSPS) is 25.2. The van der Waals surface area contributed by atoms with Crippen molar-refractivity contribution in [2.75, 3.05) is 6.54 Å². The third kappa shape index (κ3) is 6.25. The minimum atomic E-state index is -0.0386. The number of hydrogen-bond donors (Lipinski definition) is 2. The van der Waals surface area contributed by atoms with E-state index >= 15 is 0 Å². The molecule has 3 N–H and O–H groups in total. The highest BCUT2D eigenvalue weighted by Gasteiger charge is 2.27. The minimum absolute atomic E-state index is 0.0386. The van der Waals surface area contributed by atoms with Gasteiger partial charge in [0.15, 0.2) is 0 Å². The SMILES string of the molecule is CCCC1CCC(NC(=O)C(CN)CC(C)(C)C)CC1. The van der Waals surface area contributed by atoms with E-state index in [1.165, 1.54) is 25.7 Å². The molecular weight excluding hydrogens is 248 g/mol. The van der Waals surface area contributed by atoms with Gasteiger partial charge in [-0.2, -0.15) is 0 Å². The van der Waals surface area contributed by atoms with Crippen LogP contribution in [-0.4, -0.2) is 18.5 Å². The summed E-state index contributed by atoms with van der Waals surface area (Å²) < 4.78 is 0. The van der Waals surface area contributed by atoms with Gasteiger partial charge in [0.1, 0.15) is 0 Å². The Morgan fingerprint density at radius 1 is 1.25 bits per heavy atom. The van der Waals surface area contributed by atoms with E-state index in [-0.39, 0.29) is 17.2 Å². The first kappa shape index (κ1) is 17.5. The molecule has 0 radical (unpaired) electrons. The fourth-order valence-corrected chi connectivity index (χ4v) is 3.35. The number of carbonyl (C=O) groups excluding carboxylic acids is 1. The van der Waals surface area contributed by atoms with Crippen molar-refractivity contribution in [2.45, 2.75) is 78.7 Å². The molecular formula is C17H34N2O. The molecule has 1 unspecified atom stereocenters. The smallest absolute Gasteiger partial charge is 0.224 e. The molecule has 1 amide bonds. The van der Waals surface area contributed by atoms with Gasteiger partial charge in [-0.25, -0.2) is 0 Å². The second-order valence-electron chi connectivity index (χ2n) is 7.71. The molecule has 0 aromatic carbocycles. The standard InChI is InChI=1S/C17H34N2O/c1-5-6-13-7-9-15(10-8-13)19-16(20)14(12-18)11-17(2,3)4/h13-15H,5-12,18H2,1-4H3,(H,19,20). The average molecular weight is 282 g/mol. The highest BCUT2D eigenvalue weighted by Crippen LogP contribution is 2.28. The Morgan fingerprint density at radius 3 is 2.30 bits per heavy atom. The van der Waals surface area contributed by atoms with Crippen molar-refractivity contribution in [1.82, 2.24) is 5.32 Å². The second kappa shape index (κ2) is 8.02. The molecule has 20 heavy (non-hydrogen) atoms. The van der Waals surface area contributed by atoms with Crippen molar-refractivity contribution in [3.05, 3.63) is 0 Å². The predicted octanol–water partition coefficient (Wildman–Crippen LogP) is 3.47. The fraction of sp³-hybridized carbons (Fsp3) is 0.941. The van der Waals surface area contributed by atoms with E-state index < -0.39 is 0 Å². The second-order valence-corrected chi connectivity index (χ2v) is 7.71. The summed E-state index contributed by atoms with van der Waals surface area (Å²) in [6.07, 6.45) is 8.31. The van der Waals surface area contributed by atoms with Gasteiger partial charge in [-0.05, 0) is 43.4 Å². The lowest BCUT2D eigenvalue weighted by Crippen LogP contribution is -2.43. The highest BCUT2D eigenvalue weighted by molar-refractivity contribution is 5.79. The van der Waals surface area contributed by atoms with E-state index in [1.807, 2.05) is 0 Å². The third-order valence-electron chi connectivity index (χ3n) is 4.40. The van der Waals surface area contributed by atoms with E-state index in [2.05, 4.69) is 33.0 Å². The Labute approximate surface area is 125 Å². The van der Waals surface area contributed by atoms with Crippen LogP contribution in [0.1, 0.15) is 72.6 Å². The van der Waals surface area contributed by atoms with Gasteiger partial charge in [-0.3, -0.25) is 4.79 Å². The van der Waals surface area contributed by atoms with E-state index in [1.54, 1.807) is 0 Å². The van der Waals surface area contributed by atoms with Crippen molar-refractivity contribution in [1.29, 1.82) is 0 Å². The van der Waals surface area contributed by atoms with Gasteiger partial charge in [-0.1, -0.05) is 40.5 Å². The van der Waals surface area contributed by atoms with Gasteiger partial charge >= 0.3 is 0 Å². The van der Waals surface area contributed by atoms with Crippen molar-refractivity contribution in [3.63, 3.8) is 0 Å². The van der Waals surface area contributed by atoms with Crippen LogP contribution in [0.5, 0.6) is 0 Å². The van der Waals surface area contributed by atoms with Gasteiger partial charge in [0.2, 0.25) is 5.91 Å². The monoisotopic (exact) mass is 282 g/mol. The molecule has 3 heteroatoms. The number of rotatable bonds is 6. The Bertz CT molecular complexity index is 288. The van der Waals surface area contributed by atoms with Crippen molar-refractivity contribution in [2.24, 2.45) is 23.0 Å². The maximum Gasteiger partial charge on any atom is 0.224 e. The molecule has 0 spiro atoms. The lowest BCUT2D eigenvalue weighted by molar-refractivity contribution is -0.126. The topological polar surface area (TPSA) is 55.1 Å². The first-order valence-corrected chi connectivity index (χ1v) is 8.36. The van der Waals surface area contributed by atoms with Gasteiger partial charge in [0, 0.05) is 12.6 Å². The first-order valence-electron chi connectivity index (χ1n) is 8.36. The van der Waals surface area contributed by atoms with E-state index in [4.69, 9.17) is 5.73 Å². The van der Waals surface area contributed by atoms with Crippen LogP contribution in [0.2, 0.25) is 0 Å². The Morgan fingerprint density at radius 2 is 1.85 bits per heavy atom. The average Bonchev–Trinajstić information content (AvgIpc) is 2.37. The van der Waals surface area contributed by atoms with Crippen LogP contribution in [0.15, 0.2) is 0 Å². The third-order valence-corrected chi connectivity index (χ3v) is 4.40. The van der Waals surface area contributed by atoms with Gasteiger partial charge < -0.3 is 11.1 Å². The molecule has 118 valence electrons. The largest absolute Gasteiger partial charge is 0.353 e. The maximum atomic E-state index is 12.3. The molecule has 3 nitrogen and oxygen atoms in total. The Balaban J connectivity index is 2.38. The quantitative estimate of drug-likeness (QED) is 0.783. The van der Waals surface area contributed by atoms with Gasteiger partial charge in [0.05, 0.1) is 5.92 Å². The molecule has 0 bridgehead atoms. The summed E-state index contributed by atoms with van der Waals surface area (Å²) in [6.45, 7) is 9.21. The molecule has 1 atom stereocenters. The van der Waals surface area contributed by atoms with Crippen LogP contribution in [0.25, 0.3) is 0 Å². The fourth-order valence-electron chi connectivity index (χ4n) is 3.35. The Kier molecular flexibility index (Phi) is 7.01. The van der Waals surface area contributed by atoms with E-state index in [9.17, 15) is 4.79 Å². The molecule has 1 fully saturated rings. The van der Waals surface area contributed by atoms with Crippen LogP contribution < -0.4 is 11.1 Å². The zero-order valence-electron chi connectivity index (χ0n) is 13.9. The van der Waals surface area contributed by atoms with Crippen LogP contribution in [0.4, 0.5) is 0 Å². The molecule has 1 rings (SSSR count). The number of carbonyl (C=O) groups is 1. The van der Waals surface area contributed by atoms with Crippen molar-refractivity contribution < 1.29 is 4.79 Å². The van der Waals surface area contributed by atoms with Crippen LogP contribution in [-0.2, 0) is 4.79 Å². The molecule has 1 aliphatic carbocycles.